The molecular formula is C32H35N7O2. The van der Waals surface area contributed by atoms with Gasteiger partial charge in [-0.25, -0.2) is 4.68 Å². The molecule has 3 aromatic heterocycles. The number of hydrogen-bond donors (Lipinski definition) is 1. The number of ether oxygens (including phenoxy) is 1. The Balaban J connectivity index is 1.54. The summed E-state index contributed by atoms with van der Waals surface area (Å²) in [6.45, 7) is 5.22. The first kappa shape index (κ1) is 26.8. The number of tetrazole rings is 1. The highest BCUT2D eigenvalue weighted by atomic mass is 16.5. The van der Waals surface area contributed by atoms with Crippen LogP contribution in [0.4, 0.5) is 0 Å². The summed E-state index contributed by atoms with van der Waals surface area (Å²) in [4.78, 5) is 23.8. The quantitative estimate of drug-likeness (QED) is 0.261. The van der Waals surface area contributed by atoms with Crippen LogP contribution in [-0.4, -0.2) is 42.2 Å². The summed E-state index contributed by atoms with van der Waals surface area (Å²) >= 11 is 0. The first-order valence-corrected chi connectivity index (χ1v) is 14.2. The molecule has 210 valence electrons. The zero-order valence-corrected chi connectivity index (χ0v) is 23.7. The van der Waals surface area contributed by atoms with Crippen LogP contribution in [0.15, 0.2) is 71.8 Å². The first-order valence-electron chi connectivity index (χ1n) is 14.2. The van der Waals surface area contributed by atoms with Crippen LogP contribution < -0.4 is 10.3 Å². The minimum atomic E-state index is -0.498. The van der Waals surface area contributed by atoms with Crippen LogP contribution in [0, 0.1) is 13.8 Å². The number of fused-ring (bicyclic) bond motifs is 1. The van der Waals surface area contributed by atoms with Gasteiger partial charge in [0.15, 0.2) is 5.82 Å². The summed E-state index contributed by atoms with van der Waals surface area (Å²) in [6.07, 6.45) is 7.99. The normalized spacial score (nSPS) is 14.6. The highest BCUT2D eigenvalue weighted by molar-refractivity contribution is 5.83. The Bertz CT molecular complexity index is 1690. The van der Waals surface area contributed by atoms with Crippen LogP contribution in [0.25, 0.3) is 10.9 Å². The van der Waals surface area contributed by atoms with Gasteiger partial charge in [-0.05, 0) is 89.5 Å². The molecule has 0 bridgehead atoms. The molecule has 1 fully saturated rings. The third-order valence-corrected chi connectivity index (χ3v) is 8.07. The number of aromatic nitrogens is 6. The van der Waals surface area contributed by atoms with E-state index in [0.29, 0.717) is 24.5 Å². The Hall–Kier alpha value is -4.37. The van der Waals surface area contributed by atoms with E-state index in [1.54, 1.807) is 13.3 Å². The van der Waals surface area contributed by atoms with Gasteiger partial charge < -0.3 is 9.72 Å². The van der Waals surface area contributed by atoms with Crippen molar-refractivity contribution >= 4 is 10.9 Å². The third-order valence-electron chi connectivity index (χ3n) is 8.07. The van der Waals surface area contributed by atoms with Crippen molar-refractivity contribution in [2.24, 2.45) is 0 Å². The minimum absolute atomic E-state index is 0.138. The lowest BCUT2D eigenvalue weighted by atomic mass is 9.99. The number of rotatable bonds is 9. The molecule has 0 amide bonds. The number of benzene rings is 2. The van der Waals surface area contributed by atoms with Crippen molar-refractivity contribution in [3.63, 3.8) is 0 Å². The predicted octanol–water partition coefficient (Wildman–Crippen LogP) is 5.44. The molecule has 0 saturated heterocycles. The maximum atomic E-state index is 13.9. The Labute approximate surface area is 239 Å². The van der Waals surface area contributed by atoms with Crippen molar-refractivity contribution in [2.45, 2.75) is 64.7 Å². The molecular weight excluding hydrogens is 514 g/mol. The van der Waals surface area contributed by atoms with Gasteiger partial charge in [0.05, 0.1) is 18.7 Å². The molecule has 9 nitrogen and oxygen atoms in total. The molecule has 2 aromatic carbocycles. The number of pyridine rings is 2. The molecule has 9 heteroatoms. The molecule has 1 aliphatic carbocycles. The van der Waals surface area contributed by atoms with Gasteiger partial charge >= 0.3 is 0 Å². The van der Waals surface area contributed by atoms with Crippen LogP contribution in [-0.2, 0) is 13.1 Å². The molecule has 0 radical (unpaired) electrons. The van der Waals surface area contributed by atoms with Gasteiger partial charge in [-0.3, -0.25) is 14.7 Å². The van der Waals surface area contributed by atoms with Gasteiger partial charge in [-0.2, -0.15) is 0 Å². The van der Waals surface area contributed by atoms with E-state index >= 15 is 0 Å². The van der Waals surface area contributed by atoms with Crippen molar-refractivity contribution in [1.82, 2.24) is 35.1 Å². The minimum Gasteiger partial charge on any atom is -0.497 e. The number of aryl methyl sites for hydroxylation is 2. The van der Waals surface area contributed by atoms with Crippen molar-refractivity contribution < 1.29 is 4.74 Å². The number of hydrogen-bond acceptors (Lipinski definition) is 7. The van der Waals surface area contributed by atoms with Crippen molar-refractivity contribution in [3.05, 3.63) is 111 Å². The fraction of sp³-hybridized carbons (Fsp3) is 0.344. The van der Waals surface area contributed by atoms with E-state index in [1.807, 2.05) is 42.1 Å². The average Bonchev–Trinajstić information content (AvgIpc) is 3.68. The topological polar surface area (TPSA) is 102 Å². The summed E-state index contributed by atoms with van der Waals surface area (Å²) in [5, 5.41) is 14.2. The van der Waals surface area contributed by atoms with E-state index in [2.05, 4.69) is 67.6 Å². The molecule has 41 heavy (non-hydrogen) atoms. The number of H-pyrrole nitrogens is 1. The Kier molecular flexibility index (Phi) is 7.61. The standard InChI is InChI=1S/C32H35N7O2/c1-21-15-22(2)29-25(16-21)17-28(32(40)34-29)30(31-35-36-37-39(31)26-8-4-5-9-26)38(20-24-7-6-14-33-18-24)19-23-10-12-27(41-3)13-11-23/h6-7,10-18,26,30H,4-5,8-9,19-20H2,1-3H3,(H,34,40). The Morgan fingerprint density at radius 3 is 2.56 bits per heavy atom. The summed E-state index contributed by atoms with van der Waals surface area (Å²) < 4.78 is 7.36. The summed E-state index contributed by atoms with van der Waals surface area (Å²) in [5.74, 6) is 1.48. The molecule has 5 aromatic rings. The van der Waals surface area contributed by atoms with Crippen LogP contribution >= 0.6 is 0 Å². The molecule has 3 heterocycles. The smallest absolute Gasteiger partial charge is 0.253 e. The van der Waals surface area contributed by atoms with E-state index < -0.39 is 6.04 Å². The Morgan fingerprint density at radius 1 is 1.05 bits per heavy atom. The van der Waals surface area contributed by atoms with Gasteiger partial charge in [0.2, 0.25) is 0 Å². The lowest BCUT2D eigenvalue weighted by Crippen LogP contribution is -2.35. The first-order chi connectivity index (χ1) is 20.0. The number of methoxy groups -OCH3 is 1. The van der Waals surface area contributed by atoms with E-state index in [0.717, 1.165) is 64.6 Å². The van der Waals surface area contributed by atoms with Gasteiger partial charge in [-0.15, -0.1) is 5.10 Å². The second kappa shape index (κ2) is 11.6. The van der Waals surface area contributed by atoms with Crippen molar-refractivity contribution in [3.8, 4) is 5.75 Å². The number of nitrogens with one attached hydrogen (secondary N) is 1. The monoisotopic (exact) mass is 549 g/mol. The SMILES string of the molecule is COc1ccc(CN(Cc2cccnc2)C(c2cc3cc(C)cc(C)c3[nH]c2=O)c2nnnn2C2CCCC2)cc1. The van der Waals surface area contributed by atoms with E-state index in [1.165, 1.54) is 0 Å². The zero-order valence-electron chi connectivity index (χ0n) is 23.7. The molecule has 1 unspecified atom stereocenters. The summed E-state index contributed by atoms with van der Waals surface area (Å²) in [7, 11) is 1.66. The van der Waals surface area contributed by atoms with Gasteiger partial charge in [0, 0.05) is 31.0 Å². The van der Waals surface area contributed by atoms with E-state index in [4.69, 9.17) is 4.74 Å². The molecule has 1 aliphatic rings. The van der Waals surface area contributed by atoms with E-state index in [-0.39, 0.29) is 11.6 Å². The largest absolute Gasteiger partial charge is 0.497 e. The highest BCUT2D eigenvalue weighted by Crippen LogP contribution is 2.35. The summed E-state index contributed by atoms with van der Waals surface area (Å²) in [6, 6.07) is 18.0. The lowest BCUT2D eigenvalue weighted by molar-refractivity contribution is 0.190. The average molecular weight is 550 g/mol. The fourth-order valence-electron chi connectivity index (χ4n) is 6.13. The lowest BCUT2D eigenvalue weighted by Gasteiger charge is -2.32. The summed E-state index contributed by atoms with van der Waals surface area (Å²) in [5.41, 5.74) is 5.65. The van der Waals surface area contributed by atoms with E-state index in [9.17, 15) is 4.79 Å². The molecule has 0 aliphatic heterocycles. The third kappa shape index (κ3) is 5.63. The Morgan fingerprint density at radius 2 is 1.83 bits per heavy atom. The maximum absolute atomic E-state index is 13.9. The van der Waals surface area contributed by atoms with Gasteiger partial charge in [0.25, 0.3) is 5.56 Å². The molecule has 1 atom stereocenters. The molecule has 1 N–H and O–H groups in total. The fourth-order valence-corrected chi connectivity index (χ4v) is 6.13. The second-order valence-electron chi connectivity index (χ2n) is 11.0. The molecule has 1 saturated carbocycles. The number of nitrogens with zero attached hydrogens (tertiary/aromatic N) is 6. The maximum Gasteiger partial charge on any atom is 0.253 e. The van der Waals surface area contributed by atoms with Crippen LogP contribution in [0.1, 0.15) is 71.4 Å². The molecule has 6 rings (SSSR count). The van der Waals surface area contributed by atoms with Crippen molar-refractivity contribution in [1.29, 1.82) is 0 Å². The second-order valence-corrected chi connectivity index (χ2v) is 11.0. The zero-order chi connectivity index (χ0) is 28.3. The highest BCUT2D eigenvalue weighted by Gasteiger charge is 2.33. The molecule has 0 spiro atoms. The number of aromatic amines is 1. The van der Waals surface area contributed by atoms with Crippen LogP contribution in [0.3, 0.4) is 0 Å². The van der Waals surface area contributed by atoms with Gasteiger partial charge in [-0.1, -0.05) is 42.7 Å². The predicted molar refractivity (Wildman–Crippen MR) is 158 cm³/mol. The van der Waals surface area contributed by atoms with Crippen LogP contribution in [0.2, 0.25) is 0 Å². The van der Waals surface area contributed by atoms with Gasteiger partial charge in [0.1, 0.15) is 11.8 Å². The van der Waals surface area contributed by atoms with Crippen LogP contribution in [0.5, 0.6) is 5.75 Å². The van der Waals surface area contributed by atoms with Crippen molar-refractivity contribution in [2.75, 3.05) is 7.11 Å².